The number of hydrogen-bond donors (Lipinski definition) is 1. The number of thioether (sulfide) groups is 1. The number of rotatable bonds is 4. The maximum atomic E-state index is 5.32. The molecule has 1 aliphatic rings. The van der Waals surface area contributed by atoms with Crippen molar-refractivity contribution in [3.8, 4) is 0 Å². The molecule has 82 valence electrons. The minimum atomic E-state index is 0.417. The average molecular weight is 240 g/mol. The summed E-state index contributed by atoms with van der Waals surface area (Å²) in [6.07, 6.45) is 1.20. The standard InChI is InChI=1S/C12H16OS2/c1-2-12(7-13-8-12)9-15-11-6-4-3-5-10(11)14/h3-6,14H,2,7-9H2,1H3. The average Bonchev–Trinajstić information content (AvgIpc) is 2.19. The number of hydrogen-bond acceptors (Lipinski definition) is 3. The summed E-state index contributed by atoms with van der Waals surface area (Å²) in [5.74, 6) is 1.14. The van der Waals surface area contributed by atoms with Crippen LogP contribution in [0.2, 0.25) is 0 Å². The maximum absolute atomic E-state index is 5.32. The van der Waals surface area contributed by atoms with Crippen molar-refractivity contribution in [1.82, 2.24) is 0 Å². The van der Waals surface area contributed by atoms with Crippen molar-refractivity contribution >= 4 is 24.4 Å². The van der Waals surface area contributed by atoms with Crippen LogP contribution in [0.3, 0.4) is 0 Å². The minimum absolute atomic E-state index is 0.417. The third-order valence-electron chi connectivity index (χ3n) is 2.97. The zero-order valence-electron chi connectivity index (χ0n) is 8.90. The van der Waals surface area contributed by atoms with E-state index in [4.69, 9.17) is 4.74 Å². The fourth-order valence-corrected chi connectivity index (χ4v) is 3.17. The molecule has 1 saturated heterocycles. The molecule has 0 aromatic heterocycles. The molecule has 1 fully saturated rings. The van der Waals surface area contributed by atoms with Gasteiger partial charge in [0.15, 0.2) is 0 Å². The van der Waals surface area contributed by atoms with Crippen LogP contribution in [0.25, 0.3) is 0 Å². The van der Waals surface area contributed by atoms with Crippen molar-refractivity contribution in [3.63, 3.8) is 0 Å². The van der Waals surface area contributed by atoms with Gasteiger partial charge in [0.25, 0.3) is 0 Å². The molecule has 0 bridgehead atoms. The SMILES string of the molecule is CCC1(CSc2ccccc2S)COC1. The molecule has 0 spiro atoms. The van der Waals surface area contributed by atoms with Crippen molar-refractivity contribution in [3.05, 3.63) is 24.3 Å². The highest BCUT2D eigenvalue weighted by molar-refractivity contribution is 7.99. The summed E-state index contributed by atoms with van der Waals surface area (Å²) in [7, 11) is 0. The van der Waals surface area contributed by atoms with Gasteiger partial charge in [-0.05, 0) is 18.6 Å². The van der Waals surface area contributed by atoms with E-state index < -0.39 is 0 Å². The second kappa shape index (κ2) is 4.81. The van der Waals surface area contributed by atoms with Crippen LogP contribution in [-0.2, 0) is 4.74 Å². The molecule has 0 saturated carbocycles. The summed E-state index contributed by atoms with van der Waals surface area (Å²) in [6.45, 7) is 4.09. The second-order valence-electron chi connectivity index (χ2n) is 4.10. The van der Waals surface area contributed by atoms with Crippen molar-refractivity contribution in [2.45, 2.75) is 23.1 Å². The Labute approximate surface area is 101 Å². The highest BCUT2D eigenvalue weighted by Crippen LogP contribution is 2.38. The van der Waals surface area contributed by atoms with Crippen LogP contribution in [0.4, 0.5) is 0 Å². The van der Waals surface area contributed by atoms with E-state index in [0.717, 1.165) is 23.9 Å². The maximum Gasteiger partial charge on any atom is 0.0552 e. The molecular weight excluding hydrogens is 224 g/mol. The Hall–Kier alpha value is -0.120. The molecule has 1 nitrogen and oxygen atoms in total. The van der Waals surface area contributed by atoms with Crippen LogP contribution < -0.4 is 0 Å². The third-order valence-corrected chi connectivity index (χ3v) is 4.93. The lowest BCUT2D eigenvalue weighted by atomic mass is 9.86. The van der Waals surface area contributed by atoms with Gasteiger partial charge in [0.2, 0.25) is 0 Å². The Bertz CT molecular complexity index is 329. The normalized spacial score (nSPS) is 18.5. The van der Waals surface area contributed by atoms with E-state index in [1.54, 1.807) is 0 Å². The molecule has 0 unspecified atom stereocenters. The molecule has 0 atom stereocenters. The van der Waals surface area contributed by atoms with Gasteiger partial charge in [0, 0.05) is 21.0 Å². The van der Waals surface area contributed by atoms with Crippen LogP contribution in [0.1, 0.15) is 13.3 Å². The molecule has 1 aromatic rings. The van der Waals surface area contributed by atoms with Gasteiger partial charge in [-0.15, -0.1) is 24.4 Å². The molecule has 0 aliphatic carbocycles. The topological polar surface area (TPSA) is 9.23 Å². The molecule has 3 heteroatoms. The lowest BCUT2D eigenvalue weighted by Crippen LogP contribution is -2.44. The van der Waals surface area contributed by atoms with E-state index in [0.29, 0.717) is 5.41 Å². The van der Waals surface area contributed by atoms with Crippen molar-refractivity contribution in [2.75, 3.05) is 19.0 Å². The van der Waals surface area contributed by atoms with Crippen LogP contribution in [0, 0.1) is 5.41 Å². The lowest BCUT2D eigenvalue weighted by molar-refractivity contribution is -0.0994. The molecule has 0 radical (unpaired) electrons. The Morgan fingerprint density at radius 3 is 2.67 bits per heavy atom. The highest BCUT2D eigenvalue weighted by Gasteiger charge is 2.36. The van der Waals surface area contributed by atoms with Gasteiger partial charge in [-0.1, -0.05) is 19.1 Å². The lowest BCUT2D eigenvalue weighted by Gasteiger charge is -2.40. The van der Waals surface area contributed by atoms with E-state index in [1.165, 1.54) is 11.3 Å². The Morgan fingerprint density at radius 1 is 1.40 bits per heavy atom. The Kier molecular flexibility index (Phi) is 3.65. The fraction of sp³-hybridized carbons (Fsp3) is 0.500. The summed E-state index contributed by atoms with van der Waals surface area (Å²) < 4.78 is 5.32. The van der Waals surface area contributed by atoms with Gasteiger partial charge in [-0.25, -0.2) is 0 Å². The summed E-state index contributed by atoms with van der Waals surface area (Å²) in [5.41, 5.74) is 0.417. The fourth-order valence-electron chi connectivity index (χ4n) is 1.59. The van der Waals surface area contributed by atoms with Gasteiger partial charge < -0.3 is 4.74 Å². The number of benzene rings is 1. The first-order valence-electron chi connectivity index (χ1n) is 5.24. The van der Waals surface area contributed by atoms with Crippen LogP contribution in [-0.4, -0.2) is 19.0 Å². The van der Waals surface area contributed by atoms with Crippen molar-refractivity contribution < 1.29 is 4.74 Å². The summed E-state index contributed by atoms with van der Waals surface area (Å²) in [4.78, 5) is 2.36. The quantitative estimate of drug-likeness (QED) is 0.637. The number of ether oxygens (including phenoxy) is 1. The third kappa shape index (κ3) is 2.52. The van der Waals surface area contributed by atoms with Gasteiger partial charge in [0.1, 0.15) is 0 Å². The molecule has 2 rings (SSSR count). The van der Waals surface area contributed by atoms with Crippen LogP contribution >= 0.6 is 24.4 Å². The number of thiol groups is 1. The smallest absolute Gasteiger partial charge is 0.0552 e. The van der Waals surface area contributed by atoms with Gasteiger partial charge >= 0.3 is 0 Å². The summed E-state index contributed by atoms with van der Waals surface area (Å²) in [6, 6.07) is 8.27. The minimum Gasteiger partial charge on any atom is -0.380 e. The van der Waals surface area contributed by atoms with E-state index >= 15 is 0 Å². The monoisotopic (exact) mass is 240 g/mol. The zero-order valence-corrected chi connectivity index (χ0v) is 10.6. The molecule has 1 heterocycles. The highest BCUT2D eigenvalue weighted by atomic mass is 32.2. The zero-order chi connectivity index (χ0) is 10.7. The first-order chi connectivity index (χ1) is 7.26. The molecule has 0 N–H and O–H groups in total. The van der Waals surface area contributed by atoms with Crippen molar-refractivity contribution in [1.29, 1.82) is 0 Å². The van der Waals surface area contributed by atoms with Gasteiger partial charge in [0.05, 0.1) is 13.2 Å². The largest absolute Gasteiger partial charge is 0.380 e. The molecule has 1 aromatic carbocycles. The Balaban J connectivity index is 1.95. The second-order valence-corrected chi connectivity index (χ2v) is 5.60. The molecule has 0 amide bonds. The Morgan fingerprint density at radius 2 is 2.13 bits per heavy atom. The van der Waals surface area contributed by atoms with Crippen LogP contribution in [0.15, 0.2) is 34.1 Å². The van der Waals surface area contributed by atoms with Crippen LogP contribution in [0.5, 0.6) is 0 Å². The van der Waals surface area contributed by atoms with E-state index in [2.05, 4.69) is 31.7 Å². The van der Waals surface area contributed by atoms with E-state index in [9.17, 15) is 0 Å². The van der Waals surface area contributed by atoms with E-state index in [1.807, 2.05) is 23.9 Å². The predicted octanol–water partition coefficient (Wildman–Crippen LogP) is 3.49. The van der Waals surface area contributed by atoms with Gasteiger partial charge in [-0.3, -0.25) is 0 Å². The predicted molar refractivity (Wildman–Crippen MR) is 68.0 cm³/mol. The van der Waals surface area contributed by atoms with Gasteiger partial charge in [-0.2, -0.15) is 0 Å². The summed E-state index contributed by atoms with van der Waals surface area (Å²) >= 11 is 6.35. The summed E-state index contributed by atoms with van der Waals surface area (Å²) in [5, 5.41) is 0. The van der Waals surface area contributed by atoms with Crippen molar-refractivity contribution in [2.24, 2.45) is 5.41 Å². The van der Waals surface area contributed by atoms with E-state index in [-0.39, 0.29) is 0 Å². The molecular formula is C12H16OS2. The first-order valence-corrected chi connectivity index (χ1v) is 6.68. The molecule has 1 aliphatic heterocycles. The first kappa shape index (κ1) is 11.4. The molecule has 15 heavy (non-hydrogen) atoms.